The van der Waals surface area contributed by atoms with Crippen LogP contribution in [0.25, 0.3) is 22.4 Å². The van der Waals surface area contributed by atoms with E-state index < -0.39 is 11.7 Å². The first-order valence-electron chi connectivity index (χ1n) is 8.54. The summed E-state index contributed by atoms with van der Waals surface area (Å²) in [5.41, 5.74) is 2.26. The van der Waals surface area contributed by atoms with Crippen LogP contribution in [0, 0.1) is 0 Å². The van der Waals surface area contributed by atoms with Crippen molar-refractivity contribution in [3.8, 4) is 11.3 Å². The van der Waals surface area contributed by atoms with Gasteiger partial charge in [-0.15, -0.1) is 0 Å². The second kappa shape index (κ2) is 7.63. The number of aryl methyl sites for hydroxylation is 1. The summed E-state index contributed by atoms with van der Waals surface area (Å²) in [6.07, 6.45) is -2.48. The minimum Gasteiger partial charge on any atom is -0.356 e. The van der Waals surface area contributed by atoms with Crippen molar-refractivity contribution in [3.63, 3.8) is 0 Å². The van der Waals surface area contributed by atoms with E-state index in [1.807, 2.05) is 6.07 Å². The molecule has 2 aromatic heterocycles. The molecule has 2 heterocycles. The van der Waals surface area contributed by atoms with Crippen molar-refractivity contribution in [3.05, 3.63) is 59.8 Å². The normalized spacial score (nSPS) is 11.7. The third kappa shape index (κ3) is 4.11. The SMILES string of the molecule is O=C(CCc1cnoc1-c1ccc(C(F)(F)F)cc1)Nc1cccc2nsnc12. The molecule has 0 aliphatic carbocycles. The smallest absolute Gasteiger partial charge is 0.356 e. The van der Waals surface area contributed by atoms with Crippen molar-refractivity contribution in [1.82, 2.24) is 13.9 Å². The maximum absolute atomic E-state index is 12.7. The van der Waals surface area contributed by atoms with E-state index in [4.69, 9.17) is 4.52 Å². The number of benzene rings is 2. The number of anilines is 1. The molecule has 0 fully saturated rings. The second-order valence-electron chi connectivity index (χ2n) is 6.24. The summed E-state index contributed by atoms with van der Waals surface area (Å²) in [5, 5.41) is 6.53. The van der Waals surface area contributed by atoms with E-state index in [-0.39, 0.29) is 12.3 Å². The van der Waals surface area contributed by atoms with Crippen LogP contribution < -0.4 is 5.32 Å². The van der Waals surface area contributed by atoms with Crippen LogP contribution in [-0.2, 0) is 17.4 Å². The third-order valence-electron chi connectivity index (χ3n) is 4.30. The van der Waals surface area contributed by atoms with E-state index in [9.17, 15) is 18.0 Å². The summed E-state index contributed by atoms with van der Waals surface area (Å²) < 4.78 is 51.6. The van der Waals surface area contributed by atoms with Crippen LogP contribution in [0.5, 0.6) is 0 Å². The first kappa shape index (κ1) is 19.1. The van der Waals surface area contributed by atoms with Crippen molar-refractivity contribution in [2.45, 2.75) is 19.0 Å². The highest BCUT2D eigenvalue weighted by Crippen LogP contribution is 2.32. The van der Waals surface area contributed by atoms with Crippen LogP contribution in [-0.4, -0.2) is 19.8 Å². The molecule has 0 aliphatic rings. The number of amides is 1. The Kier molecular flexibility index (Phi) is 5.01. The molecule has 29 heavy (non-hydrogen) atoms. The van der Waals surface area contributed by atoms with Gasteiger partial charge in [0.15, 0.2) is 5.76 Å². The van der Waals surface area contributed by atoms with Crippen LogP contribution >= 0.6 is 11.7 Å². The van der Waals surface area contributed by atoms with Gasteiger partial charge in [0.2, 0.25) is 5.91 Å². The maximum atomic E-state index is 12.7. The minimum atomic E-state index is -4.41. The Balaban J connectivity index is 1.44. The lowest BCUT2D eigenvalue weighted by molar-refractivity contribution is -0.137. The van der Waals surface area contributed by atoms with Crippen LogP contribution in [0.4, 0.5) is 18.9 Å². The first-order chi connectivity index (χ1) is 13.9. The van der Waals surface area contributed by atoms with Gasteiger partial charge in [0.05, 0.1) is 29.2 Å². The largest absolute Gasteiger partial charge is 0.416 e. The van der Waals surface area contributed by atoms with Gasteiger partial charge in [0.25, 0.3) is 0 Å². The third-order valence-corrected chi connectivity index (χ3v) is 4.84. The molecule has 6 nitrogen and oxygen atoms in total. The molecule has 0 atom stereocenters. The fourth-order valence-corrected chi connectivity index (χ4v) is 3.40. The molecule has 0 bridgehead atoms. The van der Waals surface area contributed by atoms with E-state index in [0.29, 0.717) is 40.0 Å². The van der Waals surface area contributed by atoms with Gasteiger partial charge in [0.1, 0.15) is 11.0 Å². The highest BCUT2D eigenvalue weighted by molar-refractivity contribution is 7.00. The van der Waals surface area contributed by atoms with Gasteiger partial charge in [-0.1, -0.05) is 23.4 Å². The molecule has 0 aliphatic heterocycles. The Morgan fingerprint density at radius 3 is 2.66 bits per heavy atom. The number of rotatable bonds is 5. The number of fused-ring (bicyclic) bond motifs is 1. The Morgan fingerprint density at radius 2 is 1.90 bits per heavy atom. The molecule has 148 valence electrons. The lowest BCUT2D eigenvalue weighted by Crippen LogP contribution is -2.12. The molecule has 0 radical (unpaired) electrons. The molecule has 0 unspecified atom stereocenters. The predicted molar refractivity (Wildman–Crippen MR) is 101 cm³/mol. The molecule has 2 aromatic carbocycles. The Labute approximate surface area is 166 Å². The molecule has 1 N–H and O–H groups in total. The van der Waals surface area contributed by atoms with E-state index in [2.05, 4.69) is 19.2 Å². The summed E-state index contributed by atoms with van der Waals surface area (Å²) in [5.74, 6) is 0.113. The van der Waals surface area contributed by atoms with E-state index in [1.54, 1.807) is 12.1 Å². The molecule has 1 amide bonds. The topological polar surface area (TPSA) is 80.9 Å². The molecular formula is C19H13F3N4O2S. The van der Waals surface area contributed by atoms with Crippen molar-refractivity contribution < 1.29 is 22.5 Å². The zero-order valence-electron chi connectivity index (χ0n) is 14.7. The quantitative estimate of drug-likeness (QED) is 0.497. The molecule has 0 saturated carbocycles. The summed E-state index contributed by atoms with van der Waals surface area (Å²) in [4.78, 5) is 12.3. The van der Waals surface area contributed by atoms with Gasteiger partial charge in [-0.25, -0.2) is 0 Å². The van der Waals surface area contributed by atoms with E-state index in [1.165, 1.54) is 18.3 Å². The highest BCUT2D eigenvalue weighted by atomic mass is 32.1. The summed E-state index contributed by atoms with van der Waals surface area (Å²) in [7, 11) is 0. The predicted octanol–water partition coefficient (Wildman–Crippen LogP) is 4.94. The van der Waals surface area contributed by atoms with Gasteiger partial charge in [-0.05, 0) is 30.7 Å². The zero-order chi connectivity index (χ0) is 20.4. The zero-order valence-corrected chi connectivity index (χ0v) is 15.5. The minimum absolute atomic E-state index is 0.142. The Morgan fingerprint density at radius 1 is 1.10 bits per heavy atom. The summed E-state index contributed by atoms with van der Waals surface area (Å²) in [6.45, 7) is 0. The average molecular weight is 418 g/mol. The molecule has 4 aromatic rings. The number of nitrogens with one attached hydrogen (secondary N) is 1. The number of aromatic nitrogens is 3. The highest BCUT2D eigenvalue weighted by Gasteiger charge is 2.30. The Hall–Kier alpha value is -3.27. The molecule has 0 saturated heterocycles. The monoisotopic (exact) mass is 418 g/mol. The Bertz CT molecular complexity index is 1150. The maximum Gasteiger partial charge on any atom is 0.416 e. The lowest BCUT2D eigenvalue weighted by Gasteiger charge is -2.07. The van der Waals surface area contributed by atoms with Crippen LogP contribution in [0.2, 0.25) is 0 Å². The van der Waals surface area contributed by atoms with Crippen molar-refractivity contribution in [2.24, 2.45) is 0 Å². The summed E-state index contributed by atoms with van der Waals surface area (Å²) in [6, 6.07) is 9.94. The number of halogens is 3. The number of nitrogens with zero attached hydrogens (tertiary/aromatic N) is 3. The first-order valence-corrected chi connectivity index (χ1v) is 9.27. The van der Waals surface area contributed by atoms with Crippen molar-refractivity contribution in [2.75, 3.05) is 5.32 Å². The number of hydrogen-bond acceptors (Lipinski definition) is 6. The molecule has 4 rings (SSSR count). The van der Waals surface area contributed by atoms with Gasteiger partial charge < -0.3 is 9.84 Å². The average Bonchev–Trinajstić information content (AvgIpc) is 3.35. The standard InChI is InChI=1S/C19H13F3N4O2S/c20-19(21,22)13-7-4-11(5-8-13)18-12(10-23-28-18)6-9-16(27)24-14-2-1-3-15-17(14)26-29-25-15/h1-5,7-8,10H,6,9H2,(H,24,27). The molecule has 0 spiro atoms. The van der Waals surface area contributed by atoms with Crippen molar-refractivity contribution in [1.29, 1.82) is 0 Å². The lowest BCUT2D eigenvalue weighted by atomic mass is 10.0. The van der Waals surface area contributed by atoms with Gasteiger partial charge in [0, 0.05) is 17.5 Å². The van der Waals surface area contributed by atoms with Crippen LogP contribution in [0.1, 0.15) is 17.5 Å². The number of alkyl halides is 3. The van der Waals surface area contributed by atoms with E-state index in [0.717, 1.165) is 23.9 Å². The van der Waals surface area contributed by atoms with Gasteiger partial charge >= 0.3 is 6.18 Å². The molecule has 10 heteroatoms. The fourth-order valence-electron chi connectivity index (χ4n) is 2.85. The number of hydrogen-bond donors (Lipinski definition) is 1. The van der Waals surface area contributed by atoms with E-state index >= 15 is 0 Å². The van der Waals surface area contributed by atoms with Crippen molar-refractivity contribution >= 4 is 34.4 Å². The fraction of sp³-hybridized carbons (Fsp3) is 0.158. The van der Waals surface area contributed by atoms with Gasteiger partial charge in [-0.3, -0.25) is 4.79 Å². The number of carbonyl (C=O) groups is 1. The van der Waals surface area contributed by atoms with Crippen LogP contribution in [0.3, 0.4) is 0 Å². The van der Waals surface area contributed by atoms with Crippen LogP contribution in [0.15, 0.2) is 53.2 Å². The van der Waals surface area contributed by atoms with Gasteiger partial charge in [-0.2, -0.15) is 21.9 Å². The molecular weight excluding hydrogens is 405 g/mol. The second-order valence-corrected chi connectivity index (χ2v) is 6.77. The number of carbonyl (C=O) groups excluding carboxylic acids is 1. The summed E-state index contributed by atoms with van der Waals surface area (Å²) >= 11 is 1.07.